The van der Waals surface area contributed by atoms with Gasteiger partial charge in [-0.05, 0) is 36.1 Å². The number of rotatable bonds is 8. The maximum Gasteiger partial charge on any atom is 0.254 e. The Kier molecular flexibility index (Phi) is 8.18. The van der Waals surface area contributed by atoms with Gasteiger partial charge < -0.3 is 20.4 Å². The largest absolute Gasteiger partial charge is 0.351 e. The molecule has 2 aromatic carbocycles. The molecule has 2 N–H and O–H groups in total. The number of carbonyl (C=O) groups excluding carboxylic acids is 4. The predicted molar refractivity (Wildman–Crippen MR) is 142 cm³/mol. The first-order valence-electron chi connectivity index (χ1n) is 13.1. The molecule has 11 heteroatoms. The SMILES string of the molecule is CC(C)C[C@@H](C(=O)N1C[C@]2(C[C@H]1C#N)C(=O)Nc1ccccc12)N(C)C(=O)CCNC(=O)c1ccc(F)cc1F. The number of fused-ring (bicyclic) bond motifs is 2. The summed E-state index contributed by atoms with van der Waals surface area (Å²) in [6, 6.07) is 10.2. The van der Waals surface area contributed by atoms with Crippen molar-refractivity contribution in [3.63, 3.8) is 0 Å². The maximum atomic E-state index is 13.9. The fourth-order valence-electron chi connectivity index (χ4n) is 5.45. The molecule has 1 fully saturated rings. The van der Waals surface area contributed by atoms with Crippen LogP contribution < -0.4 is 10.6 Å². The molecule has 1 saturated heterocycles. The molecule has 4 amide bonds. The fourth-order valence-corrected chi connectivity index (χ4v) is 5.45. The van der Waals surface area contributed by atoms with E-state index in [1.54, 1.807) is 12.1 Å². The first-order chi connectivity index (χ1) is 19.0. The van der Waals surface area contributed by atoms with Crippen molar-refractivity contribution in [1.29, 1.82) is 5.26 Å². The minimum Gasteiger partial charge on any atom is -0.351 e. The lowest BCUT2D eigenvalue weighted by Crippen LogP contribution is -2.52. The number of para-hydroxylation sites is 1. The van der Waals surface area contributed by atoms with Gasteiger partial charge in [0, 0.05) is 44.7 Å². The van der Waals surface area contributed by atoms with E-state index in [-0.39, 0.29) is 43.3 Å². The molecule has 0 bridgehead atoms. The second-order valence-electron chi connectivity index (χ2n) is 10.7. The van der Waals surface area contributed by atoms with Gasteiger partial charge in [0.15, 0.2) is 0 Å². The summed E-state index contributed by atoms with van der Waals surface area (Å²) in [4.78, 5) is 55.0. The summed E-state index contributed by atoms with van der Waals surface area (Å²) in [7, 11) is 1.49. The summed E-state index contributed by atoms with van der Waals surface area (Å²) in [5, 5.41) is 15.2. The zero-order valence-corrected chi connectivity index (χ0v) is 22.5. The van der Waals surface area contributed by atoms with Crippen LogP contribution in [0, 0.1) is 28.9 Å². The van der Waals surface area contributed by atoms with Crippen LogP contribution in [0.15, 0.2) is 42.5 Å². The van der Waals surface area contributed by atoms with Gasteiger partial charge in [0.1, 0.15) is 23.7 Å². The molecule has 3 atom stereocenters. The van der Waals surface area contributed by atoms with E-state index in [1.807, 2.05) is 26.0 Å². The van der Waals surface area contributed by atoms with E-state index < -0.39 is 46.9 Å². The van der Waals surface area contributed by atoms with Gasteiger partial charge in [0.25, 0.3) is 5.91 Å². The van der Waals surface area contributed by atoms with Gasteiger partial charge in [0.05, 0.1) is 17.0 Å². The average Bonchev–Trinajstić information content (AvgIpc) is 3.44. The topological polar surface area (TPSA) is 123 Å². The van der Waals surface area contributed by atoms with E-state index >= 15 is 0 Å². The van der Waals surface area contributed by atoms with Gasteiger partial charge >= 0.3 is 0 Å². The van der Waals surface area contributed by atoms with Gasteiger partial charge in [-0.15, -0.1) is 0 Å². The highest BCUT2D eigenvalue weighted by atomic mass is 19.1. The van der Waals surface area contributed by atoms with Gasteiger partial charge in [-0.3, -0.25) is 19.2 Å². The Balaban J connectivity index is 1.47. The molecule has 40 heavy (non-hydrogen) atoms. The van der Waals surface area contributed by atoms with Crippen LogP contribution in [0.3, 0.4) is 0 Å². The van der Waals surface area contributed by atoms with E-state index in [0.29, 0.717) is 18.2 Å². The minimum atomic E-state index is -1.04. The van der Waals surface area contributed by atoms with Crippen molar-refractivity contribution in [2.75, 3.05) is 25.5 Å². The fraction of sp³-hybridized carbons (Fsp3) is 0.414. The summed E-state index contributed by atoms with van der Waals surface area (Å²) < 4.78 is 27.0. The van der Waals surface area contributed by atoms with E-state index in [4.69, 9.17) is 0 Å². The Morgan fingerprint density at radius 3 is 2.62 bits per heavy atom. The number of nitrogens with one attached hydrogen (secondary N) is 2. The highest BCUT2D eigenvalue weighted by molar-refractivity contribution is 6.07. The quantitative estimate of drug-likeness (QED) is 0.522. The third kappa shape index (κ3) is 5.39. The number of benzene rings is 2. The van der Waals surface area contributed by atoms with E-state index in [2.05, 4.69) is 16.7 Å². The molecular weight excluding hydrogens is 520 g/mol. The lowest BCUT2D eigenvalue weighted by atomic mass is 9.80. The number of nitrogens with zero attached hydrogens (tertiary/aromatic N) is 3. The molecule has 210 valence electrons. The number of nitriles is 1. The molecule has 4 rings (SSSR count). The molecule has 0 radical (unpaired) electrons. The molecule has 9 nitrogen and oxygen atoms in total. The summed E-state index contributed by atoms with van der Waals surface area (Å²) in [6.07, 6.45) is 0.295. The molecule has 0 unspecified atom stereocenters. The lowest BCUT2D eigenvalue weighted by molar-refractivity contribution is -0.145. The Morgan fingerprint density at radius 2 is 1.95 bits per heavy atom. The van der Waals surface area contributed by atoms with Crippen molar-refractivity contribution in [1.82, 2.24) is 15.1 Å². The first-order valence-corrected chi connectivity index (χ1v) is 13.1. The highest BCUT2D eigenvalue weighted by Crippen LogP contribution is 2.46. The van der Waals surface area contributed by atoms with Gasteiger partial charge in [-0.2, -0.15) is 5.26 Å². The third-order valence-corrected chi connectivity index (χ3v) is 7.56. The number of likely N-dealkylation sites (tertiary alicyclic amines) is 1. The van der Waals surface area contributed by atoms with Gasteiger partial charge in [-0.1, -0.05) is 32.0 Å². The standard InChI is InChI=1S/C29H31F2N5O4/c1-17(2)12-24(35(3)25(37)10-11-33-26(38)20-9-8-18(30)13-22(20)31)27(39)36-16-29(14-19(36)15-32)21-6-4-5-7-23(21)34-28(29)40/h4-9,13,17,19,24H,10-12,14,16H2,1-3H3,(H,33,38)(H,34,40)/t19-,24-,29-/m0/s1. The predicted octanol–water partition coefficient (Wildman–Crippen LogP) is 2.97. The molecule has 2 heterocycles. The minimum absolute atomic E-state index is 0.0167. The Labute approximate surface area is 231 Å². The Bertz CT molecular complexity index is 1390. The summed E-state index contributed by atoms with van der Waals surface area (Å²) >= 11 is 0. The molecule has 2 aromatic rings. The van der Waals surface area contributed by atoms with Crippen LogP contribution in [0.2, 0.25) is 0 Å². The normalized spacial score (nSPS) is 20.2. The number of hydrogen-bond acceptors (Lipinski definition) is 5. The number of carbonyl (C=O) groups is 4. The van der Waals surface area contributed by atoms with E-state index in [1.165, 1.54) is 16.8 Å². The first kappa shape index (κ1) is 28.7. The number of halogens is 2. The number of anilines is 1. The maximum absolute atomic E-state index is 13.9. The number of likely N-dealkylation sites (N-methyl/N-ethyl adjacent to an activating group) is 1. The van der Waals surface area contributed by atoms with Gasteiger partial charge in [-0.25, -0.2) is 8.78 Å². The van der Waals surface area contributed by atoms with Crippen molar-refractivity contribution in [3.05, 3.63) is 65.2 Å². The number of amides is 4. The van der Waals surface area contributed by atoms with E-state index in [9.17, 15) is 33.2 Å². The number of hydrogen-bond donors (Lipinski definition) is 2. The molecule has 2 aliphatic heterocycles. The molecule has 0 aromatic heterocycles. The van der Waals surface area contributed by atoms with Crippen LogP contribution in [0.1, 0.15) is 49.0 Å². The van der Waals surface area contributed by atoms with Crippen LogP contribution >= 0.6 is 0 Å². The van der Waals surface area contributed by atoms with Crippen LogP contribution in [0.25, 0.3) is 0 Å². The molecule has 2 aliphatic rings. The lowest BCUT2D eigenvalue weighted by Gasteiger charge is -2.33. The zero-order chi connectivity index (χ0) is 29.2. The van der Waals surface area contributed by atoms with Crippen LogP contribution in [0.4, 0.5) is 14.5 Å². The van der Waals surface area contributed by atoms with Crippen LogP contribution in [-0.4, -0.2) is 65.6 Å². The summed E-state index contributed by atoms with van der Waals surface area (Å²) in [5.74, 6) is -3.73. The van der Waals surface area contributed by atoms with Crippen LogP contribution in [-0.2, 0) is 19.8 Å². The monoisotopic (exact) mass is 551 g/mol. The summed E-state index contributed by atoms with van der Waals surface area (Å²) in [5.41, 5.74) is 0.0104. The Hall–Kier alpha value is -4.33. The van der Waals surface area contributed by atoms with Crippen molar-refractivity contribution >= 4 is 29.3 Å². The third-order valence-electron chi connectivity index (χ3n) is 7.56. The molecule has 0 saturated carbocycles. The van der Waals surface area contributed by atoms with E-state index in [0.717, 1.165) is 17.7 Å². The van der Waals surface area contributed by atoms with Crippen molar-refractivity contribution in [2.45, 2.75) is 50.6 Å². The second-order valence-corrected chi connectivity index (χ2v) is 10.7. The average molecular weight is 552 g/mol. The van der Waals surface area contributed by atoms with Gasteiger partial charge in [0.2, 0.25) is 17.7 Å². The van der Waals surface area contributed by atoms with Crippen LogP contribution in [0.5, 0.6) is 0 Å². The zero-order valence-electron chi connectivity index (χ0n) is 22.5. The van der Waals surface area contributed by atoms with Crippen molar-refractivity contribution in [3.8, 4) is 6.07 Å². The summed E-state index contributed by atoms with van der Waals surface area (Å²) in [6.45, 7) is 3.70. The molecular formula is C29H31F2N5O4. The van der Waals surface area contributed by atoms with Crippen molar-refractivity contribution < 1.29 is 28.0 Å². The highest BCUT2D eigenvalue weighted by Gasteiger charge is 2.56. The van der Waals surface area contributed by atoms with Crippen molar-refractivity contribution in [2.24, 2.45) is 5.92 Å². The smallest absolute Gasteiger partial charge is 0.254 e. The molecule has 0 aliphatic carbocycles. The molecule has 1 spiro atoms. The second kappa shape index (κ2) is 11.4. The Morgan fingerprint density at radius 1 is 1.23 bits per heavy atom.